The molecule has 0 aromatic heterocycles. The lowest BCUT2D eigenvalue weighted by atomic mass is 10.1. The Morgan fingerprint density at radius 3 is 2.39 bits per heavy atom. The van der Waals surface area contributed by atoms with Gasteiger partial charge >= 0.3 is 0 Å². The highest BCUT2D eigenvalue weighted by atomic mass is 19.1. The lowest BCUT2D eigenvalue weighted by Gasteiger charge is -2.33. The van der Waals surface area contributed by atoms with Gasteiger partial charge in [0.05, 0.1) is 20.8 Å². The molecule has 0 unspecified atom stereocenters. The largest absolute Gasteiger partial charge is 0.497 e. The SMILES string of the molecule is COc1ccc(/C=C/C(=O)N2CCN(CC(=O)Nc3ccc(F)cc3)CC2)c(OC)c1. The summed E-state index contributed by atoms with van der Waals surface area (Å²) in [6.07, 6.45) is 3.25. The van der Waals surface area contributed by atoms with Gasteiger partial charge in [-0.3, -0.25) is 14.5 Å². The average Bonchev–Trinajstić information content (AvgIpc) is 2.79. The number of rotatable bonds is 7. The van der Waals surface area contributed by atoms with Crippen molar-refractivity contribution in [3.8, 4) is 11.5 Å². The van der Waals surface area contributed by atoms with E-state index in [1.807, 2.05) is 17.0 Å². The maximum Gasteiger partial charge on any atom is 0.246 e. The Morgan fingerprint density at radius 1 is 1.03 bits per heavy atom. The van der Waals surface area contributed by atoms with Crippen molar-refractivity contribution in [2.75, 3.05) is 52.3 Å². The summed E-state index contributed by atoms with van der Waals surface area (Å²) in [6.45, 7) is 2.49. The third-order valence-corrected chi connectivity index (χ3v) is 5.03. The molecule has 0 spiro atoms. The quantitative estimate of drug-likeness (QED) is 0.688. The molecule has 0 saturated carbocycles. The number of carbonyl (C=O) groups is 2. The first-order chi connectivity index (χ1) is 15.0. The molecule has 2 aromatic carbocycles. The van der Waals surface area contributed by atoms with Crippen LogP contribution in [0.1, 0.15) is 5.56 Å². The van der Waals surface area contributed by atoms with Crippen LogP contribution in [0, 0.1) is 5.82 Å². The van der Waals surface area contributed by atoms with Crippen molar-refractivity contribution in [3.63, 3.8) is 0 Å². The van der Waals surface area contributed by atoms with Crippen LogP contribution in [-0.4, -0.2) is 68.6 Å². The number of benzene rings is 2. The Morgan fingerprint density at radius 2 is 1.74 bits per heavy atom. The first kappa shape index (κ1) is 22.3. The monoisotopic (exact) mass is 427 g/mol. The summed E-state index contributed by atoms with van der Waals surface area (Å²) in [6, 6.07) is 11.0. The number of anilines is 1. The van der Waals surface area contributed by atoms with Crippen LogP contribution in [0.15, 0.2) is 48.5 Å². The molecular formula is C23H26FN3O4. The Kier molecular flexibility index (Phi) is 7.61. The molecule has 31 heavy (non-hydrogen) atoms. The summed E-state index contributed by atoms with van der Waals surface area (Å²) in [4.78, 5) is 28.5. The zero-order valence-electron chi connectivity index (χ0n) is 17.6. The fraction of sp³-hybridized carbons (Fsp3) is 0.304. The number of carbonyl (C=O) groups excluding carboxylic acids is 2. The smallest absolute Gasteiger partial charge is 0.246 e. The predicted octanol–water partition coefficient (Wildman–Crippen LogP) is 2.64. The van der Waals surface area contributed by atoms with Gasteiger partial charge in [-0.15, -0.1) is 0 Å². The molecule has 1 aliphatic heterocycles. The van der Waals surface area contributed by atoms with Crippen LogP contribution in [0.25, 0.3) is 6.08 Å². The minimum atomic E-state index is -0.349. The highest BCUT2D eigenvalue weighted by molar-refractivity contribution is 5.93. The number of methoxy groups -OCH3 is 2. The van der Waals surface area contributed by atoms with Crippen LogP contribution in [-0.2, 0) is 9.59 Å². The molecule has 1 aliphatic rings. The third-order valence-electron chi connectivity index (χ3n) is 5.03. The minimum Gasteiger partial charge on any atom is -0.497 e. The zero-order valence-corrected chi connectivity index (χ0v) is 17.6. The van der Waals surface area contributed by atoms with Gasteiger partial charge in [-0.1, -0.05) is 0 Å². The molecule has 3 rings (SSSR count). The number of nitrogens with one attached hydrogen (secondary N) is 1. The molecule has 0 aliphatic carbocycles. The predicted molar refractivity (Wildman–Crippen MR) is 117 cm³/mol. The van der Waals surface area contributed by atoms with Crippen molar-refractivity contribution in [1.82, 2.24) is 9.80 Å². The molecular weight excluding hydrogens is 401 g/mol. The second kappa shape index (κ2) is 10.6. The Balaban J connectivity index is 1.47. The maximum absolute atomic E-state index is 12.9. The van der Waals surface area contributed by atoms with Crippen molar-refractivity contribution in [1.29, 1.82) is 0 Å². The molecule has 1 N–H and O–H groups in total. The number of ether oxygens (including phenoxy) is 2. The fourth-order valence-electron chi connectivity index (χ4n) is 3.29. The van der Waals surface area contributed by atoms with Gasteiger partial charge in [-0.25, -0.2) is 4.39 Å². The van der Waals surface area contributed by atoms with E-state index in [-0.39, 0.29) is 24.2 Å². The van der Waals surface area contributed by atoms with Crippen molar-refractivity contribution < 1.29 is 23.5 Å². The highest BCUT2D eigenvalue weighted by Crippen LogP contribution is 2.25. The second-order valence-electron chi connectivity index (χ2n) is 7.10. The van der Waals surface area contributed by atoms with Gasteiger partial charge in [0.25, 0.3) is 0 Å². The Labute approximate surface area is 181 Å². The summed E-state index contributed by atoms with van der Waals surface area (Å²) < 4.78 is 23.5. The van der Waals surface area contributed by atoms with Gasteiger partial charge in [0.1, 0.15) is 17.3 Å². The van der Waals surface area contributed by atoms with E-state index < -0.39 is 0 Å². The van der Waals surface area contributed by atoms with Crippen LogP contribution >= 0.6 is 0 Å². The van der Waals surface area contributed by atoms with E-state index in [2.05, 4.69) is 5.32 Å². The molecule has 0 radical (unpaired) electrons. The molecule has 2 aromatic rings. The number of hydrogen-bond acceptors (Lipinski definition) is 5. The number of amides is 2. The molecule has 164 valence electrons. The Bertz CT molecular complexity index is 938. The molecule has 1 fully saturated rings. The molecule has 1 heterocycles. The van der Waals surface area contributed by atoms with Crippen molar-refractivity contribution in [2.45, 2.75) is 0 Å². The Hall–Kier alpha value is -3.39. The topological polar surface area (TPSA) is 71.1 Å². The number of piperazine rings is 1. The van der Waals surface area contributed by atoms with Crippen LogP contribution < -0.4 is 14.8 Å². The molecule has 0 bridgehead atoms. The summed E-state index contributed by atoms with van der Waals surface area (Å²) in [5.74, 6) is 0.699. The van der Waals surface area contributed by atoms with E-state index in [0.717, 1.165) is 5.56 Å². The lowest BCUT2D eigenvalue weighted by Crippen LogP contribution is -2.50. The molecule has 1 saturated heterocycles. The van der Waals surface area contributed by atoms with Crippen molar-refractivity contribution >= 4 is 23.6 Å². The van der Waals surface area contributed by atoms with Crippen LogP contribution in [0.3, 0.4) is 0 Å². The van der Waals surface area contributed by atoms with Gasteiger partial charge in [-0.05, 0) is 42.5 Å². The first-order valence-corrected chi connectivity index (χ1v) is 9.95. The molecule has 2 amide bonds. The first-order valence-electron chi connectivity index (χ1n) is 9.95. The van der Waals surface area contributed by atoms with Gasteiger partial charge < -0.3 is 19.7 Å². The van der Waals surface area contributed by atoms with E-state index in [1.54, 1.807) is 31.3 Å². The average molecular weight is 427 g/mol. The lowest BCUT2D eigenvalue weighted by molar-refractivity contribution is -0.127. The summed E-state index contributed by atoms with van der Waals surface area (Å²) in [7, 11) is 3.15. The van der Waals surface area contributed by atoms with E-state index in [0.29, 0.717) is 43.4 Å². The summed E-state index contributed by atoms with van der Waals surface area (Å²) in [5.41, 5.74) is 1.34. The van der Waals surface area contributed by atoms with Crippen molar-refractivity contribution in [3.05, 3.63) is 59.9 Å². The number of nitrogens with zero attached hydrogens (tertiary/aromatic N) is 2. The third kappa shape index (κ3) is 6.29. The molecule has 0 atom stereocenters. The molecule has 7 nitrogen and oxygen atoms in total. The van der Waals surface area contributed by atoms with Gasteiger partial charge in [-0.2, -0.15) is 0 Å². The van der Waals surface area contributed by atoms with E-state index in [1.165, 1.54) is 30.3 Å². The van der Waals surface area contributed by atoms with Crippen LogP contribution in [0.5, 0.6) is 11.5 Å². The number of hydrogen-bond donors (Lipinski definition) is 1. The van der Waals surface area contributed by atoms with Crippen LogP contribution in [0.2, 0.25) is 0 Å². The maximum atomic E-state index is 12.9. The number of halogens is 1. The fourth-order valence-corrected chi connectivity index (χ4v) is 3.29. The van der Waals surface area contributed by atoms with E-state index in [4.69, 9.17) is 9.47 Å². The van der Waals surface area contributed by atoms with Gasteiger partial charge in [0.2, 0.25) is 11.8 Å². The highest BCUT2D eigenvalue weighted by Gasteiger charge is 2.21. The summed E-state index contributed by atoms with van der Waals surface area (Å²) >= 11 is 0. The second-order valence-corrected chi connectivity index (χ2v) is 7.10. The standard InChI is InChI=1S/C23H26FN3O4/c1-30-20-9-3-17(21(15-20)31-2)4-10-23(29)27-13-11-26(12-14-27)16-22(28)25-19-7-5-18(24)6-8-19/h3-10,15H,11-14,16H2,1-2H3,(H,25,28)/b10-4+. The van der Waals surface area contributed by atoms with Gasteiger partial charge in [0, 0.05) is 49.6 Å². The van der Waals surface area contributed by atoms with Crippen LogP contribution in [0.4, 0.5) is 10.1 Å². The minimum absolute atomic E-state index is 0.0896. The van der Waals surface area contributed by atoms with E-state index in [9.17, 15) is 14.0 Å². The normalized spacial score (nSPS) is 14.5. The molecule has 8 heteroatoms. The van der Waals surface area contributed by atoms with E-state index >= 15 is 0 Å². The zero-order chi connectivity index (χ0) is 22.2. The summed E-state index contributed by atoms with van der Waals surface area (Å²) in [5, 5.41) is 2.75. The van der Waals surface area contributed by atoms with Crippen molar-refractivity contribution in [2.24, 2.45) is 0 Å². The van der Waals surface area contributed by atoms with Gasteiger partial charge in [0.15, 0.2) is 0 Å².